The summed E-state index contributed by atoms with van der Waals surface area (Å²) in [5.74, 6) is -4.40. The second kappa shape index (κ2) is 13.0. The van der Waals surface area contributed by atoms with Gasteiger partial charge < -0.3 is 19.8 Å². The maximum atomic E-state index is 10.6. The second-order valence-corrected chi connectivity index (χ2v) is 8.92. The van der Waals surface area contributed by atoms with Gasteiger partial charge in [-0.1, -0.05) is 6.07 Å². The Morgan fingerprint density at radius 3 is 2.24 bits per heavy atom. The van der Waals surface area contributed by atoms with Gasteiger partial charge in [-0.15, -0.1) is 11.3 Å². The lowest BCUT2D eigenvalue weighted by molar-refractivity contribution is -0.193. The number of hydrogen-bond donors (Lipinski definition) is 2. The topological polar surface area (TPSA) is 116 Å². The minimum atomic E-state index is -5.08. The molecule has 1 atom stereocenters. The third-order valence-electron chi connectivity index (χ3n) is 5.12. The Kier molecular flexibility index (Phi) is 10.6. The number of rotatable bonds is 3. The SMILES string of the molecule is Cc1nc(CN2CCN(C3CCOC3)Cc3cccnc32)cs1.O=C(O)C(F)(F)F.O=C(O)C(F)(F)F. The van der Waals surface area contributed by atoms with E-state index in [0.29, 0.717) is 6.04 Å². The fourth-order valence-corrected chi connectivity index (χ4v) is 4.05. The first kappa shape index (κ1) is 30.2. The molecular weight excluding hydrogens is 534 g/mol. The summed E-state index contributed by atoms with van der Waals surface area (Å²) in [6.45, 7) is 7.64. The Labute approximate surface area is 211 Å². The van der Waals surface area contributed by atoms with Crippen molar-refractivity contribution in [2.45, 2.75) is 44.8 Å². The first-order chi connectivity index (χ1) is 17.2. The molecule has 37 heavy (non-hydrogen) atoms. The molecule has 4 heterocycles. The number of carbonyl (C=O) groups is 2. The second-order valence-electron chi connectivity index (χ2n) is 7.86. The van der Waals surface area contributed by atoms with Crippen LogP contribution in [-0.4, -0.2) is 81.7 Å². The fourth-order valence-electron chi connectivity index (χ4n) is 3.44. The number of hydrogen-bond acceptors (Lipinski definition) is 8. The van der Waals surface area contributed by atoms with Gasteiger partial charge in [0.05, 0.1) is 23.9 Å². The van der Waals surface area contributed by atoms with Crippen LogP contribution in [-0.2, 0) is 27.4 Å². The van der Waals surface area contributed by atoms with Gasteiger partial charge in [0.1, 0.15) is 5.82 Å². The molecule has 2 aliphatic heterocycles. The average Bonchev–Trinajstić information content (AvgIpc) is 3.44. The number of carboxylic acids is 2. The minimum absolute atomic E-state index is 0.546. The minimum Gasteiger partial charge on any atom is -0.475 e. The molecule has 1 fully saturated rings. The van der Waals surface area contributed by atoms with Crippen molar-refractivity contribution in [3.05, 3.63) is 40.0 Å². The summed E-state index contributed by atoms with van der Waals surface area (Å²) in [5.41, 5.74) is 2.45. The Morgan fingerprint density at radius 2 is 1.76 bits per heavy atom. The number of anilines is 1. The molecule has 0 bridgehead atoms. The summed E-state index contributed by atoms with van der Waals surface area (Å²) in [6.07, 6.45) is -7.13. The quantitative estimate of drug-likeness (QED) is 0.544. The van der Waals surface area contributed by atoms with E-state index in [1.54, 1.807) is 11.3 Å². The number of alkyl halides is 6. The first-order valence-electron chi connectivity index (χ1n) is 10.7. The molecule has 2 aliphatic rings. The van der Waals surface area contributed by atoms with Crippen LogP contribution in [0, 0.1) is 6.92 Å². The van der Waals surface area contributed by atoms with Crippen LogP contribution in [0.15, 0.2) is 23.7 Å². The van der Waals surface area contributed by atoms with E-state index in [1.807, 2.05) is 12.3 Å². The van der Waals surface area contributed by atoms with Gasteiger partial charge in [-0.05, 0) is 19.4 Å². The zero-order chi connectivity index (χ0) is 27.8. The van der Waals surface area contributed by atoms with E-state index >= 15 is 0 Å². The average molecular weight is 559 g/mol. The zero-order valence-electron chi connectivity index (χ0n) is 19.4. The number of nitrogens with zero attached hydrogens (tertiary/aromatic N) is 4. The molecule has 0 aromatic carbocycles. The molecule has 1 saturated heterocycles. The smallest absolute Gasteiger partial charge is 0.475 e. The molecule has 0 amide bonds. The first-order valence-corrected chi connectivity index (χ1v) is 11.6. The Balaban J connectivity index is 0.000000286. The highest BCUT2D eigenvalue weighted by molar-refractivity contribution is 7.09. The van der Waals surface area contributed by atoms with Gasteiger partial charge in [0.25, 0.3) is 0 Å². The van der Waals surface area contributed by atoms with Crippen LogP contribution in [0.5, 0.6) is 0 Å². The Morgan fingerprint density at radius 1 is 1.14 bits per heavy atom. The van der Waals surface area contributed by atoms with Gasteiger partial charge in [0, 0.05) is 49.4 Å². The van der Waals surface area contributed by atoms with E-state index in [2.05, 4.69) is 38.1 Å². The number of fused-ring (bicyclic) bond motifs is 1. The third kappa shape index (κ3) is 9.77. The van der Waals surface area contributed by atoms with Crippen LogP contribution in [0.1, 0.15) is 22.7 Å². The number of ether oxygens (including phenoxy) is 1. The number of thiazole rings is 1. The third-order valence-corrected chi connectivity index (χ3v) is 5.95. The van der Waals surface area contributed by atoms with Gasteiger partial charge in [0.15, 0.2) is 0 Å². The number of aryl methyl sites for hydroxylation is 1. The number of halogens is 6. The van der Waals surface area contributed by atoms with Crippen molar-refractivity contribution in [1.82, 2.24) is 14.9 Å². The molecule has 0 saturated carbocycles. The van der Waals surface area contributed by atoms with E-state index in [9.17, 15) is 26.3 Å². The van der Waals surface area contributed by atoms with Crippen LogP contribution >= 0.6 is 11.3 Å². The van der Waals surface area contributed by atoms with Crippen LogP contribution in [0.2, 0.25) is 0 Å². The molecule has 0 spiro atoms. The molecule has 9 nitrogen and oxygen atoms in total. The summed E-state index contributed by atoms with van der Waals surface area (Å²) in [5, 5.41) is 17.5. The van der Waals surface area contributed by atoms with Crippen LogP contribution in [0.3, 0.4) is 0 Å². The molecule has 2 aromatic rings. The molecule has 16 heteroatoms. The molecular formula is C21H24F6N4O5S. The number of carboxylic acid groups (broad SMARTS) is 2. The van der Waals surface area contributed by atoms with E-state index in [-0.39, 0.29) is 0 Å². The lowest BCUT2D eigenvalue weighted by Crippen LogP contribution is -2.38. The molecule has 206 valence electrons. The highest BCUT2D eigenvalue weighted by Crippen LogP contribution is 2.27. The maximum absolute atomic E-state index is 10.6. The molecule has 1 unspecified atom stereocenters. The van der Waals surface area contributed by atoms with Gasteiger partial charge in [0.2, 0.25) is 0 Å². The maximum Gasteiger partial charge on any atom is 0.490 e. The summed E-state index contributed by atoms with van der Waals surface area (Å²) >= 11 is 1.72. The summed E-state index contributed by atoms with van der Waals surface area (Å²) in [6, 6.07) is 4.79. The number of pyridine rings is 1. The lowest BCUT2D eigenvalue weighted by atomic mass is 10.2. The van der Waals surface area contributed by atoms with Gasteiger partial charge in [-0.3, -0.25) is 4.90 Å². The highest BCUT2D eigenvalue weighted by atomic mass is 32.1. The van der Waals surface area contributed by atoms with E-state index in [0.717, 1.165) is 62.3 Å². The van der Waals surface area contributed by atoms with E-state index in [4.69, 9.17) is 24.5 Å². The van der Waals surface area contributed by atoms with Crippen LogP contribution in [0.25, 0.3) is 0 Å². The van der Waals surface area contributed by atoms with Gasteiger partial charge >= 0.3 is 24.3 Å². The number of aliphatic carboxylic acids is 2. The summed E-state index contributed by atoms with van der Waals surface area (Å²) in [4.78, 5) is 32.0. The predicted molar refractivity (Wildman–Crippen MR) is 119 cm³/mol. The van der Waals surface area contributed by atoms with Crippen molar-refractivity contribution in [3.63, 3.8) is 0 Å². The number of aromatic nitrogens is 2. The van der Waals surface area contributed by atoms with Crippen molar-refractivity contribution in [1.29, 1.82) is 0 Å². The highest BCUT2D eigenvalue weighted by Gasteiger charge is 2.39. The normalized spacial score (nSPS) is 18.0. The standard InChI is InChI=1S/C17H22N4OS.2C2HF3O2/c1-13-19-15(12-23-13)10-21-7-6-20(16-4-8-22-11-16)9-14-3-2-5-18-17(14)21;2*3-2(4,5)1(6)7/h2-3,5,12,16H,4,6-11H2,1H3;2*(H,6,7). The van der Waals surface area contributed by atoms with Gasteiger partial charge in [-0.2, -0.15) is 26.3 Å². The fraction of sp³-hybridized carbons (Fsp3) is 0.524. The lowest BCUT2D eigenvalue weighted by Gasteiger charge is -2.26. The van der Waals surface area contributed by atoms with Crippen molar-refractivity contribution in [3.8, 4) is 0 Å². The monoisotopic (exact) mass is 558 g/mol. The molecule has 0 aliphatic carbocycles. The largest absolute Gasteiger partial charge is 0.490 e. The Hall–Kier alpha value is -2.98. The summed E-state index contributed by atoms with van der Waals surface area (Å²) < 4.78 is 69.1. The van der Waals surface area contributed by atoms with Gasteiger partial charge in [-0.25, -0.2) is 19.6 Å². The van der Waals surface area contributed by atoms with Crippen molar-refractivity contribution < 1.29 is 50.9 Å². The molecule has 2 N–H and O–H groups in total. The summed E-state index contributed by atoms with van der Waals surface area (Å²) in [7, 11) is 0. The van der Waals surface area contributed by atoms with Crippen molar-refractivity contribution in [2.24, 2.45) is 0 Å². The molecule has 2 aromatic heterocycles. The predicted octanol–water partition coefficient (Wildman–Crippen LogP) is 3.72. The Bertz CT molecular complexity index is 1020. The molecule has 0 radical (unpaired) electrons. The zero-order valence-corrected chi connectivity index (χ0v) is 20.2. The van der Waals surface area contributed by atoms with Crippen LogP contribution in [0.4, 0.5) is 32.2 Å². The van der Waals surface area contributed by atoms with Crippen LogP contribution < -0.4 is 4.90 Å². The van der Waals surface area contributed by atoms with E-state index < -0.39 is 24.3 Å². The molecule has 4 rings (SSSR count). The van der Waals surface area contributed by atoms with Crippen molar-refractivity contribution >= 4 is 29.1 Å². The van der Waals surface area contributed by atoms with Crippen molar-refractivity contribution in [2.75, 3.05) is 31.2 Å². The van der Waals surface area contributed by atoms with E-state index in [1.165, 1.54) is 5.56 Å².